The highest BCUT2D eigenvalue weighted by atomic mass is 32.1. The van der Waals surface area contributed by atoms with E-state index in [2.05, 4.69) is 39.9 Å². The molecule has 2 aromatic rings. The molecule has 0 fully saturated rings. The summed E-state index contributed by atoms with van der Waals surface area (Å²) in [6, 6.07) is 8.78. The van der Waals surface area contributed by atoms with Crippen molar-refractivity contribution in [2.45, 2.75) is 19.4 Å². The van der Waals surface area contributed by atoms with Crippen molar-refractivity contribution in [2.75, 3.05) is 19.8 Å². The standard InChI is InChI=1S/C15H20N2OS/c1-2-18-10-9-17-14(15-4-3-11-19-15)12-13-5-7-16-8-6-13/h3-8,11,14,17H,2,9-10,12H2,1H3. The minimum Gasteiger partial charge on any atom is -0.380 e. The van der Waals surface area contributed by atoms with Gasteiger partial charge >= 0.3 is 0 Å². The molecule has 102 valence electrons. The van der Waals surface area contributed by atoms with Crippen molar-refractivity contribution in [3.8, 4) is 0 Å². The fourth-order valence-corrected chi connectivity index (χ4v) is 2.77. The van der Waals surface area contributed by atoms with Crippen molar-refractivity contribution in [1.82, 2.24) is 10.3 Å². The maximum Gasteiger partial charge on any atom is 0.0590 e. The Kier molecular flexibility index (Phi) is 6.01. The van der Waals surface area contributed by atoms with E-state index < -0.39 is 0 Å². The van der Waals surface area contributed by atoms with Gasteiger partial charge in [-0.3, -0.25) is 4.98 Å². The Labute approximate surface area is 118 Å². The van der Waals surface area contributed by atoms with Crippen molar-refractivity contribution >= 4 is 11.3 Å². The van der Waals surface area contributed by atoms with Gasteiger partial charge in [0.25, 0.3) is 0 Å². The molecule has 2 rings (SSSR count). The normalized spacial score (nSPS) is 12.5. The van der Waals surface area contributed by atoms with Gasteiger partial charge in [-0.1, -0.05) is 6.07 Å². The van der Waals surface area contributed by atoms with Gasteiger partial charge < -0.3 is 10.1 Å². The molecule has 0 radical (unpaired) electrons. The Hall–Kier alpha value is -1.23. The van der Waals surface area contributed by atoms with E-state index in [1.807, 2.05) is 19.3 Å². The monoisotopic (exact) mass is 276 g/mol. The van der Waals surface area contributed by atoms with Crippen LogP contribution in [0.15, 0.2) is 42.0 Å². The maximum atomic E-state index is 5.38. The van der Waals surface area contributed by atoms with Crippen LogP contribution in [-0.4, -0.2) is 24.7 Å². The Morgan fingerprint density at radius 1 is 1.32 bits per heavy atom. The molecule has 0 aliphatic rings. The Bertz CT molecular complexity index is 444. The summed E-state index contributed by atoms with van der Waals surface area (Å²) in [6.45, 7) is 4.43. The van der Waals surface area contributed by atoms with E-state index in [0.29, 0.717) is 6.04 Å². The Morgan fingerprint density at radius 3 is 2.84 bits per heavy atom. The zero-order chi connectivity index (χ0) is 13.3. The number of hydrogen-bond donors (Lipinski definition) is 1. The summed E-state index contributed by atoms with van der Waals surface area (Å²) in [5.74, 6) is 0. The largest absolute Gasteiger partial charge is 0.380 e. The number of rotatable bonds is 8. The SMILES string of the molecule is CCOCCNC(Cc1ccncc1)c1cccs1. The minimum absolute atomic E-state index is 0.350. The summed E-state index contributed by atoms with van der Waals surface area (Å²) >= 11 is 1.80. The zero-order valence-corrected chi connectivity index (χ0v) is 12.0. The molecule has 3 nitrogen and oxygen atoms in total. The highest BCUT2D eigenvalue weighted by molar-refractivity contribution is 7.10. The maximum absolute atomic E-state index is 5.38. The van der Waals surface area contributed by atoms with Crippen LogP contribution >= 0.6 is 11.3 Å². The molecule has 0 aliphatic carbocycles. The van der Waals surface area contributed by atoms with Crippen LogP contribution in [0.5, 0.6) is 0 Å². The summed E-state index contributed by atoms with van der Waals surface area (Å²) in [7, 11) is 0. The number of nitrogens with zero attached hydrogens (tertiary/aromatic N) is 1. The highest BCUT2D eigenvalue weighted by Gasteiger charge is 2.12. The number of ether oxygens (including phenoxy) is 1. The summed E-state index contributed by atoms with van der Waals surface area (Å²) < 4.78 is 5.38. The van der Waals surface area contributed by atoms with E-state index in [0.717, 1.165) is 26.2 Å². The molecular formula is C15H20N2OS. The molecular weight excluding hydrogens is 256 g/mol. The first-order chi connectivity index (χ1) is 9.40. The van der Waals surface area contributed by atoms with Crippen LogP contribution in [0.4, 0.5) is 0 Å². The lowest BCUT2D eigenvalue weighted by atomic mass is 10.1. The second-order valence-electron chi connectivity index (χ2n) is 4.28. The molecule has 2 heterocycles. The van der Waals surface area contributed by atoms with Crippen molar-refractivity contribution < 1.29 is 4.74 Å². The smallest absolute Gasteiger partial charge is 0.0590 e. The third-order valence-corrected chi connectivity index (χ3v) is 3.90. The lowest BCUT2D eigenvalue weighted by Gasteiger charge is -2.17. The van der Waals surface area contributed by atoms with Crippen LogP contribution in [0, 0.1) is 0 Å². The zero-order valence-electron chi connectivity index (χ0n) is 11.2. The first-order valence-corrected chi connectivity index (χ1v) is 7.51. The van der Waals surface area contributed by atoms with Crippen molar-refractivity contribution in [3.05, 3.63) is 52.5 Å². The molecule has 1 N–H and O–H groups in total. The van der Waals surface area contributed by atoms with Crippen molar-refractivity contribution in [3.63, 3.8) is 0 Å². The average molecular weight is 276 g/mol. The molecule has 19 heavy (non-hydrogen) atoms. The summed E-state index contributed by atoms with van der Waals surface area (Å²) in [5, 5.41) is 5.69. The third kappa shape index (κ3) is 4.74. The van der Waals surface area contributed by atoms with Crippen LogP contribution in [-0.2, 0) is 11.2 Å². The second-order valence-corrected chi connectivity index (χ2v) is 5.26. The molecule has 2 aromatic heterocycles. The van der Waals surface area contributed by atoms with E-state index in [9.17, 15) is 0 Å². The van der Waals surface area contributed by atoms with Gasteiger partial charge in [0, 0.05) is 36.5 Å². The quantitative estimate of drug-likeness (QED) is 0.752. The Balaban J connectivity index is 1.95. The molecule has 0 aliphatic heterocycles. The third-order valence-electron chi connectivity index (χ3n) is 2.92. The lowest BCUT2D eigenvalue weighted by molar-refractivity contribution is 0.147. The predicted molar refractivity (Wildman–Crippen MR) is 79.5 cm³/mol. The summed E-state index contributed by atoms with van der Waals surface area (Å²) in [5.41, 5.74) is 1.30. The van der Waals surface area contributed by atoms with E-state index in [-0.39, 0.29) is 0 Å². The number of thiophene rings is 1. The second kappa shape index (κ2) is 8.04. The Morgan fingerprint density at radius 2 is 2.16 bits per heavy atom. The molecule has 0 saturated heterocycles. The number of hydrogen-bond acceptors (Lipinski definition) is 4. The van der Waals surface area contributed by atoms with Crippen LogP contribution in [0.1, 0.15) is 23.4 Å². The molecule has 1 unspecified atom stereocenters. The molecule has 1 atom stereocenters. The molecule has 0 amide bonds. The molecule has 0 bridgehead atoms. The van der Waals surface area contributed by atoms with E-state index >= 15 is 0 Å². The van der Waals surface area contributed by atoms with Crippen LogP contribution in [0.25, 0.3) is 0 Å². The van der Waals surface area contributed by atoms with E-state index in [1.54, 1.807) is 11.3 Å². The molecule has 0 aromatic carbocycles. The van der Waals surface area contributed by atoms with Crippen LogP contribution in [0.3, 0.4) is 0 Å². The van der Waals surface area contributed by atoms with Gasteiger partial charge in [-0.25, -0.2) is 0 Å². The summed E-state index contributed by atoms with van der Waals surface area (Å²) in [4.78, 5) is 5.43. The van der Waals surface area contributed by atoms with Crippen LogP contribution < -0.4 is 5.32 Å². The first kappa shape index (κ1) is 14.2. The van der Waals surface area contributed by atoms with E-state index in [4.69, 9.17) is 4.74 Å². The fraction of sp³-hybridized carbons (Fsp3) is 0.400. The number of nitrogens with one attached hydrogen (secondary N) is 1. The lowest BCUT2D eigenvalue weighted by Crippen LogP contribution is -2.26. The van der Waals surface area contributed by atoms with Gasteiger partial charge in [-0.15, -0.1) is 11.3 Å². The molecule has 0 spiro atoms. The minimum atomic E-state index is 0.350. The predicted octanol–water partition coefficient (Wildman–Crippen LogP) is 3.05. The van der Waals surface area contributed by atoms with Gasteiger partial charge in [0.1, 0.15) is 0 Å². The van der Waals surface area contributed by atoms with Gasteiger partial charge in [0.05, 0.1) is 6.61 Å². The summed E-state index contributed by atoms with van der Waals surface area (Å²) in [6.07, 6.45) is 4.68. The topological polar surface area (TPSA) is 34.1 Å². The molecule has 0 saturated carbocycles. The average Bonchev–Trinajstić information content (AvgIpc) is 2.97. The number of aromatic nitrogens is 1. The first-order valence-electron chi connectivity index (χ1n) is 6.63. The van der Waals surface area contributed by atoms with E-state index in [1.165, 1.54) is 10.4 Å². The van der Waals surface area contributed by atoms with Crippen molar-refractivity contribution in [2.24, 2.45) is 0 Å². The van der Waals surface area contributed by atoms with Gasteiger partial charge in [0.15, 0.2) is 0 Å². The highest BCUT2D eigenvalue weighted by Crippen LogP contribution is 2.22. The van der Waals surface area contributed by atoms with Gasteiger partial charge in [-0.05, 0) is 42.5 Å². The van der Waals surface area contributed by atoms with Gasteiger partial charge in [0.2, 0.25) is 0 Å². The molecule has 4 heteroatoms. The van der Waals surface area contributed by atoms with Crippen molar-refractivity contribution in [1.29, 1.82) is 0 Å². The van der Waals surface area contributed by atoms with Gasteiger partial charge in [-0.2, -0.15) is 0 Å². The van der Waals surface area contributed by atoms with Crippen LogP contribution in [0.2, 0.25) is 0 Å². The number of pyridine rings is 1. The fourth-order valence-electron chi connectivity index (χ4n) is 1.97.